The number of piperidine rings is 1. The van der Waals surface area contributed by atoms with Gasteiger partial charge in [-0.3, -0.25) is 4.79 Å². The number of benzene rings is 1. The Hall–Kier alpha value is -4.40. The zero-order valence-electron chi connectivity index (χ0n) is 28.8. The van der Waals surface area contributed by atoms with E-state index in [1.54, 1.807) is 32.8 Å². The third kappa shape index (κ3) is 7.76. The van der Waals surface area contributed by atoms with Gasteiger partial charge >= 0.3 is 6.09 Å². The average Bonchev–Trinajstić information content (AvgIpc) is 3.59. The number of nitrogens with one attached hydrogen (secondary N) is 1. The van der Waals surface area contributed by atoms with Gasteiger partial charge in [0.1, 0.15) is 22.8 Å². The highest BCUT2D eigenvalue weighted by Gasteiger charge is 2.41. The van der Waals surface area contributed by atoms with E-state index >= 15 is 0 Å². The first-order valence-electron chi connectivity index (χ1n) is 16.7. The number of hydrogen-bond donors (Lipinski definition) is 1. The fraction of sp³-hybridized carbons (Fsp3) is 0.588. The standard InChI is InChI=1S/C34H44F2N8O5/c1-33(2,3)48-32(46)39-27-19-43(18-25(27)24-15-21(35)7-10-26(24)36)30-37-16-20(17-38-30)28(45)44(22-8-9-22)23-11-13-42(14-12-23)31-40-29(49-41-31)34(4,5)47-6/h7,10,15-17,22-23,25,27H,8-9,11-14,18-19H2,1-6H3,(H,39,46)/t25-,27+/m1/s1. The van der Waals surface area contributed by atoms with E-state index in [-0.39, 0.29) is 36.6 Å². The van der Waals surface area contributed by atoms with Crippen molar-refractivity contribution in [1.29, 1.82) is 0 Å². The molecule has 3 aliphatic rings. The van der Waals surface area contributed by atoms with Crippen LogP contribution >= 0.6 is 0 Å². The maximum atomic E-state index is 14.9. The number of ether oxygens (including phenoxy) is 2. The van der Waals surface area contributed by atoms with E-state index in [1.807, 2.05) is 18.7 Å². The monoisotopic (exact) mass is 682 g/mol. The summed E-state index contributed by atoms with van der Waals surface area (Å²) >= 11 is 0. The van der Waals surface area contributed by atoms with Crippen molar-refractivity contribution in [3.8, 4) is 0 Å². The second-order valence-corrected chi connectivity index (χ2v) is 14.5. The summed E-state index contributed by atoms with van der Waals surface area (Å²) in [6.45, 7) is 10.7. The molecule has 3 aromatic rings. The first-order chi connectivity index (χ1) is 23.2. The number of carbonyl (C=O) groups is 2. The quantitative estimate of drug-likeness (QED) is 0.333. The van der Waals surface area contributed by atoms with Gasteiger partial charge in [-0.1, -0.05) is 0 Å². The SMILES string of the molecule is COC(C)(C)c1nc(N2CCC(N(C(=O)c3cnc(N4C[C@H](NC(=O)OC(C)(C)C)[C@@H](c5cc(F)ccc5F)C4)nc3)C3CC3)CC2)no1. The summed E-state index contributed by atoms with van der Waals surface area (Å²) in [6.07, 6.45) is 5.75. The first kappa shape index (κ1) is 34.5. The molecule has 2 atom stereocenters. The van der Waals surface area contributed by atoms with Crippen molar-refractivity contribution in [1.82, 2.24) is 30.3 Å². The molecule has 1 aromatic carbocycles. The molecular formula is C34H44F2N8O5. The fourth-order valence-corrected chi connectivity index (χ4v) is 6.43. The van der Waals surface area contributed by atoms with Crippen LogP contribution in [0, 0.1) is 11.6 Å². The molecule has 49 heavy (non-hydrogen) atoms. The summed E-state index contributed by atoms with van der Waals surface area (Å²) in [4.78, 5) is 46.0. The van der Waals surface area contributed by atoms with Crippen LogP contribution in [-0.4, -0.2) is 94.0 Å². The van der Waals surface area contributed by atoms with Crippen molar-refractivity contribution in [3.63, 3.8) is 0 Å². The molecule has 0 radical (unpaired) electrons. The van der Waals surface area contributed by atoms with Gasteiger partial charge < -0.3 is 34.0 Å². The molecular weight excluding hydrogens is 638 g/mol. The summed E-state index contributed by atoms with van der Waals surface area (Å²) in [7, 11) is 1.60. The Kier molecular flexibility index (Phi) is 9.48. The summed E-state index contributed by atoms with van der Waals surface area (Å²) in [5.41, 5.74) is -0.915. The Bertz CT molecular complexity index is 1650. The lowest BCUT2D eigenvalue weighted by atomic mass is 9.94. The molecule has 1 aliphatic carbocycles. The Morgan fingerprint density at radius 2 is 1.63 bits per heavy atom. The van der Waals surface area contributed by atoms with Gasteiger partial charge in [0.2, 0.25) is 5.95 Å². The van der Waals surface area contributed by atoms with Crippen LogP contribution in [0.25, 0.3) is 0 Å². The van der Waals surface area contributed by atoms with Gasteiger partial charge in [0, 0.05) is 63.7 Å². The number of alkyl carbamates (subject to hydrolysis) is 1. The van der Waals surface area contributed by atoms with Crippen LogP contribution in [0.5, 0.6) is 0 Å². The third-order valence-electron chi connectivity index (χ3n) is 9.30. The number of rotatable bonds is 9. The molecule has 4 heterocycles. The molecule has 1 N–H and O–H groups in total. The van der Waals surface area contributed by atoms with Gasteiger partial charge in [-0.05, 0) is 89.2 Å². The second-order valence-electron chi connectivity index (χ2n) is 14.5. The van der Waals surface area contributed by atoms with Crippen molar-refractivity contribution in [2.24, 2.45) is 0 Å². The zero-order chi connectivity index (χ0) is 35.1. The van der Waals surface area contributed by atoms with E-state index in [0.717, 1.165) is 43.9 Å². The van der Waals surface area contributed by atoms with Crippen molar-refractivity contribution in [2.75, 3.05) is 43.1 Å². The third-order valence-corrected chi connectivity index (χ3v) is 9.30. The number of amides is 2. The van der Waals surface area contributed by atoms with E-state index in [2.05, 4.69) is 30.3 Å². The highest BCUT2D eigenvalue weighted by molar-refractivity contribution is 5.94. The average molecular weight is 683 g/mol. The maximum absolute atomic E-state index is 14.9. The largest absolute Gasteiger partial charge is 0.444 e. The van der Waals surface area contributed by atoms with Gasteiger partial charge in [0.25, 0.3) is 17.7 Å². The molecule has 1 saturated carbocycles. The minimum absolute atomic E-state index is 0.0397. The zero-order valence-corrected chi connectivity index (χ0v) is 28.8. The van der Waals surface area contributed by atoms with Crippen LogP contribution in [-0.2, 0) is 15.1 Å². The van der Waals surface area contributed by atoms with Gasteiger partial charge in [-0.25, -0.2) is 23.5 Å². The van der Waals surface area contributed by atoms with E-state index in [4.69, 9.17) is 14.0 Å². The molecule has 264 valence electrons. The number of halogens is 2. The molecule has 0 spiro atoms. The smallest absolute Gasteiger partial charge is 0.407 e. The van der Waals surface area contributed by atoms with Gasteiger partial charge in [-0.2, -0.15) is 4.98 Å². The number of methoxy groups -OCH3 is 1. The molecule has 0 bridgehead atoms. The molecule has 13 nitrogen and oxygen atoms in total. The molecule has 0 unspecified atom stereocenters. The Labute approximate surface area is 284 Å². The topological polar surface area (TPSA) is 139 Å². The molecule has 6 rings (SSSR count). The maximum Gasteiger partial charge on any atom is 0.407 e. The number of anilines is 2. The van der Waals surface area contributed by atoms with Crippen LogP contribution in [0.15, 0.2) is 35.1 Å². The van der Waals surface area contributed by atoms with Gasteiger partial charge in [-0.15, -0.1) is 0 Å². The predicted octanol–water partition coefficient (Wildman–Crippen LogP) is 4.79. The Balaban J connectivity index is 1.13. The minimum Gasteiger partial charge on any atom is -0.444 e. The van der Waals surface area contributed by atoms with Gasteiger partial charge in [0.05, 0.1) is 11.6 Å². The molecule has 15 heteroatoms. The van der Waals surface area contributed by atoms with Crippen LogP contribution in [0.1, 0.15) is 88.0 Å². The molecule has 2 amide bonds. The molecule has 2 saturated heterocycles. The number of hydrogen-bond acceptors (Lipinski definition) is 11. The van der Waals surface area contributed by atoms with Crippen molar-refractivity contribution in [2.45, 2.75) is 95.5 Å². The minimum atomic E-state index is -0.737. The molecule has 3 fully saturated rings. The van der Waals surface area contributed by atoms with Crippen molar-refractivity contribution >= 4 is 23.9 Å². The van der Waals surface area contributed by atoms with Crippen LogP contribution < -0.4 is 15.1 Å². The van der Waals surface area contributed by atoms with Crippen LogP contribution in [0.2, 0.25) is 0 Å². The van der Waals surface area contributed by atoms with Gasteiger partial charge in [0.15, 0.2) is 0 Å². The van der Waals surface area contributed by atoms with Crippen LogP contribution in [0.4, 0.5) is 25.5 Å². The number of aromatic nitrogens is 4. The lowest BCUT2D eigenvalue weighted by Crippen LogP contribution is -2.48. The second kappa shape index (κ2) is 13.5. The number of nitrogens with zero attached hydrogens (tertiary/aromatic N) is 7. The van der Waals surface area contributed by atoms with E-state index in [9.17, 15) is 18.4 Å². The highest BCUT2D eigenvalue weighted by atomic mass is 19.1. The summed E-state index contributed by atoms with van der Waals surface area (Å²) in [5.74, 6) is -0.642. The summed E-state index contributed by atoms with van der Waals surface area (Å²) < 4.78 is 45.5. The normalized spacial score (nSPS) is 20.4. The Morgan fingerprint density at radius 1 is 0.959 bits per heavy atom. The lowest BCUT2D eigenvalue weighted by molar-refractivity contribution is -0.00787. The lowest BCUT2D eigenvalue weighted by Gasteiger charge is -2.38. The van der Waals surface area contributed by atoms with E-state index in [1.165, 1.54) is 12.4 Å². The Morgan fingerprint density at radius 3 is 2.27 bits per heavy atom. The predicted molar refractivity (Wildman–Crippen MR) is 175 cm³/mol. The van der Waals surface area contributed by atoms with Crippen molar-refractivity contribution in [3.05, 3.63) is 59.2 Å². The van der Waals surface area contributed by atoms with E-state index < -0.39 is 40.9 Å². The van der Waals surface area contributed by atoms with Crippen molar-refractivity contribution < 1.29 is 32.4 Å². The number of carbonyl (C=O) groups excluding carboxylic acids is 2. The van der Waals surface area contributed by atoms with E-state index in [0.29, 0.717) is 36.4 Å². The molecule has 2 aliphatic heterocycles. The van der Waals surface area contributed by atoms with Crippen LogP contribution in [0.3, 0.4) is 0 Å². The summed E-state index contributed by atoms with van der Waals surface area (Å²) in [5, 5.41) is 6.98. The highest BCUT2D eigenvalue weighted by Crippen LogP contribution is 2.35. The summed E-state index contributed by atoms with van der Waals surface area (Å²) in [6, 6.07) is 2.88. The first-order valence-corrected chi connectivity index (χ1v) is 16.7. The molecule has 2 aromatic heterocycles. The fourth-order valence-electron chi connectivity index (χ4n) is 6.43.